The molecule has 2 aliphatic carbocycles. The van der Waals surface area contributed by atoms with E-state index in [2.05, 4.69) is 146 Å². The Kier molecular flexibility index (Phi) is 5.74. The number of fused-ring (bicyclic) bond motifs is 13. The van der Waals surface area contributed by atoms with Crippen molar-refractivity contribution in [2.75, 3.05) is 0 Å². The first-order valence-corrected chi connectivity index (χ1v) is 17.1. The molecule has 0 saturated heterocycles. The third kappa shape index (κ3) is 3.79. The van der Waals surface area contributed by atoms with Crippen LogP contribution in [0.25, 0.3) is 93.0 Å². The van der Waals surface area contributed by atoms with Gasteiger partial charge in [-0.15, -0.1) is 11.3 Å². The lowest BCUT2D eigenvalue weighted by molar-refractivity contribution is 1.00. The van der Waals surface area contributed by atoms with Crippen molar-refractivity contribution in [2.24, 2.45) is 0 Å². The molecule has 216 valence electrons. The van der Waals surface area contributed by atoms with E-state index in [0.717, 1.165) is 19.3 Å². The fourth-order valence-electron chi connectivity index (χ4n) is 8.04. The topological polar surface area (TPSA) is 0 Å². The van der Waals surface area contributed by atoms with Crippen molar-refractivity contribution in [3.05, 3.63) is 150 Å². The van der Waals surface area contributed by atoms with E-state index < -0.39 is 0 Å². The molecule has 0 aliphatic heterocycles. The van der Waals surface area contributed by atoms with Gasteiger partial charge in [-0.3, -0.25) is 0 Å². The summed E-state index contributed by atoms with van der Waals surface area (Å²) < 4.78 is 0. The first-order valence-electron chi connectivity index (χ1n) is 16.3. The summed E-state index contributed by atoms with van der Waals surface area (Å²) >= 11 is 1.93. The second-order valence-electron chi connectivity index (χ2n) is 12.6. The highest BCUT2D eigenvalue weighted by atomic mass is 32.1. The Bertz CT molecular complexity index is 2660. The highest BCUT2D eigenvalue weighted by Gasteiger charge is 2.19. The lowest BCUT2D eigenvalue weighted by atomic mass is 9.86. The van der Waals surface area contributed by atoms with Gasteiger partial charge in [-0.1, -0.05) is 134 Å². The highest BCUT2D eigenvalue weighted by molar-refractivity contribution is 7.21. The monoisotopic (exact) mass is 602 g/mol. The van der Waals surface area contributed by atoms with Gasteiger partial charge in [-0.25, -0.2) is 0 Å². The smallest absolute Gasteiger partial charge is 0.0428 e. The average molecular weight is 603 g/mol. The minimum absolute atomic E-state index is 0.962. The van der Waals surface area contributed by atoms with E-state index in [9.17, 15) is 0 Å². The number of thiophene rings is 1. The van der Waals surface area contributed by atoms with E-state index in [4.69, 9.17) is 0 Å². The van der Waals surface area contributed by atoms with Crippen LogP contribution in [0.1, 0.15) is 35.1 Å². The molecule has 0 unspecified atom stereocenters. The molecule has 0 radical (unpaired) electrons. The third-order valence-corrected chi connectivity index (χ3v) is 11.4. The molecule has 0 N–H and O–H groups in total. The fraction of sp³-hybridized carbons (Fsp3) is 0.0667. The molecule has 0 amide bonds. The first kappa shape index (κ1) is 26.0. The second kappa shape index (κ2) is 10.1. The van der Waals surface area contributed by atoms with Crippen molar-refractivity contribution < 1.29 is 0 Å². The maximum Gasteiger partial charge on any atom is 0.0428 e. The van der Waals surface area contributed by atoms with Gasteiger partial charge in [0.1, 0.15) is 0 Å². The van der Waals surface area contributed by atoms with Crippen LogP contribution in [0.15, 0.2) is 127 Å². The summed E-state index contributed by atoms with van der Waals surface area (Å²) in [5, 5.41) is 13.4. The lowest BCUT2D eigenvalue weighted by Crippen LogP contribution is -1.97. The molecule has 8 aromatic rings. The molecule has 0 bridgehead atoms. The van der Waals surface area contributed by atoms with Crippen molar-refractivity contribution in [2.45, 2.75) is 19.3 Å². The minimum Gasteiger partial charge on any atom is -0.134 e. The molecule has 7 aromatic carbocycles. The Morgan fingerprint density at radius 2 is 0.891 bits per heavy atom. The Morgan fingerprint density at radius 3 is 1.61 bits per heavy atom. The molecule has 0 atom stereocenters. The normalized spacial score (nSPS) is 14.0. The Morgan fingerprint density at radius 1 is 0.391 bits per heavy atom. The molecular formula is C45H30S. The summed E-state index contributed by atoms with van der Waals surface area (Å²) in [4.78, 5) is 2.67. The van der Waals surface area contributed by atoms with Crippen molar-refractivity contribution >= 4 is 83.4 Å². The molecule has 46 heavy (non-hydrogen) atoms. The van der Waals surface area contributed by atoms with Gasteiger partial charge in [-0.2, -0.15) is 0 Å². The van der Waals surface area contributed by atoms with Crippen molar-refractivity contribution in [3.63, 3.8) is 0 Å². The first-order chi connectivity index (χ1) is 22.8. The van der Waals surface area contributed by atoms with Crippen LogP contribution in [0, 0.1) is 0 Å². The minimum atomic E-state index is 0.962. The van der Waals surface area contributed by atoms with Crippen molar-refractivity contribution in [3.8, 4) is 20.9 Å². The standard InChI is InChI=1S/C45H30S/c1-2-12-32-30-14-4-6-17-34(30)38-24-22-28(26-42(38)36(32)13-3-1)44-40-20-10-11-21-41(40)45(46-44)29-23-25-39-35-18-7-5-15-31(35)33-16-8-9-19-37(33)43(39)27-29/h2-4,6-14,16-27H,1,5,15H2. The van der Waals surface area contributed by atoms with Gasteiger partial charge < -0.3 is 0 Å². The molecule has 0 nitrogen and oxygen atoms in total. The molecule has 0 spiro atoms. The zero-order valence-electron chi connectivity index (χ0n) is 25.4. The van der Waals surface area contributed by atoms with Crippen LogP contribution >= 0.6 is 11.3 Å². The van der Waals surface area contributed by atoms with Gasteiger partial charge in [0.05, 0.1) is 0 Å². The molecule has 1 heteroatoms. The third-order valence-electron chi connectivity index (χ3n) is 10.1. The lowest BCUT2D eigenvalue weighted by Gasteiger charge is -2.18. The Hall–Kier alpha value is -5.24. The predicted octanol–water partition coefficient (Wildman–Crippen LogP) is 13.2. The molecular weight excluding hydrogens is 573 g/mol. The second-order valence-corrected chi connectivity index (χ2v) is 13.6. The average Bonchev–Trinajstić information content (AvgIpc) is 3.33. The van der Waals surface area contributed by atoms with Crippen LogP contribution < -0.4 is 0 Å². The summed E-state index contributed by atoms with van der Waals surface area (Å²) in [7, 11) is 0. The van der Waals surface area contributed by atoms with E-state index >= 15 is 0 Å². The van der Waals surface area contributed by atoms with Gasteiger partial charge in [0, 0.05) is 20.5 Å². The SMILES string of the molecule is C1=Cc2c(c3cc(-c4sc(-c5ccc6c7c(c8ccccc8c6c5)CCC=C7)c5ccccc45)ccc3c3ccccc23)C=CC1. The number of allylic oxidation sites excluding steroid dienone is 3. The summed E-state index contributed by atoms with van der Waals surface area (Å²) in [5.74, 6) is 0. The van der Waals surface area contributed by atoms with Gasteiger partial charge in [0.15, 0.2) is 0 Å². The van der Waals surface area contributed by atoms with E-state index in [1.165, 1.54) is 97.0 Å². The molecule has 0 saturated carbocycles. The van der Waals surface area contributed by atoms with Gasteiger partial charge >= 0.3 is 0 Å². The predicted molar refractivity (Wildman–Crippen MR) is 203 cm³/mol. The molecule has 0 fully saturated rings. The van der Waals surface area contributed by atoms with Crippen LogP contribution in [-0.4, -0.2) is 0 Å². The van der Waals surface area contributed by atoms with E-state index in [0.29, 0.717) is 0 Å². The maximum absolute atomic E-state index is 2.45. The van der Waals surface area contributed by atoms with Crippen LogP contribution in [0.2, 0.25) is 0 Å². The highest BCUT2D eigenvalue weighted by Crippen LogP contribution is 2.47. The molecule has 2 aliphatic rings. The number of aryl methyl sites for hydroxylation is 1. The molecule has 10 rings (SSSR count). The Labute approximate surface area is 272 Å². The molecule has 1 heterocycles. The summed E-state index contributed by atoms with van der Waals surface area (Å²) in [6.07, 6.45) is 17.1. The zero-order chi connectivity index (χ0) is 30.2. The maximum atomic E-state index is 2.45. The quantitative estimate of drug-likeness (QED) is 0.173. The van der Waals surface area contributed by atoms with E-state index in [1.54, 1.807) is 0 Å². The number of hydrogen-bond donors (Lipinski definition) is 0. The van der Waals surface area contributed by atoms with Crippen molar-refractivity contribution in [1.82, 2.24) is 0 Å². The van der Waals surface area contributed by atoms with Crippen LogP contribution in [0.3, 0.4) is 0 Å². The zero-order valence-corrected chi connectivity index (χ0v) is 26.2. The van der Waals surface area contributed by atoms with Gasteiger partial charge in [-0.05, 0) is 108 Å². The van der Waals surface area contributed by atoms with E-state index in [-0.39, 0.29) is 0 Å². The number of rotatable bonds is 2. The van der Waals surface area contributed by atoms with Crippen LogP contribution in [-0.2, 0) is 6.42 Å². The molecule has 1 aromatic heterocycles. The fourth-order valence-corrected chi connectivity index (χ4v) is 9.31. The Balaban J connectivity index is 1.21. The van der Waals surface area contributed by atoms with Crippen molar-refractivity contribution in [1.29, 1.82) is 0 Å². The van der Waals surface area contributed by atoms with Gasteiger partial charge in [0.2, 0.25) is 0 Å². The largest absolute Gasteiger partial charge is 0.134 e. The van der Waals surface area contributed by atoms with Crippen LogP contribution in [0.4, 0.5) is 0 Å². The summed E-state index contributed by atoms with van der Waals surface area (Å²) in [6, 6.07) is 41.1. The summed E-state index contributed by atoms with van der Waals surface area (Å²) in [6.45, 7) is 0. The van der Waals surface area contributed by atoms with Gasteiger partial charge in [0.25, 0.3) is 0 Å². The number of hydrogen-bond acceptors (Lipinski definition) is 1. The van der Waals surface area contributed by atoms with E-state index in [1.807, 2.05) is 11.3 Å². The number of benzene rings is 7. The van der Waals surface area contributed by atoms with Crippen LogP contribution in [0.5, 0.6) is 0 Å². The summed E-state index contributed by atoms with van der Waals surface area (Å²) in [5.41, 5.74) is 8.11.